The van der Waals surface area contributed by atoms with Crippen molar-refractivity contribution in [2.75, 3.05) is 18.5 Å². The second-order valence-electron chi connectivity index (χ2n) is 11.5. The summed E-state index contributed by atoms with van der Waals surface area (Å²) >= 11 is 0. The van der Waals surface area contributed by atoms with E-state index >= 15 is 0 Å². The molecule has 0 radical (unpaired) electrons. The standard InChI is InChI=1S/C27H49OP.NO3/c1-10-13-16-29(17-14-11-2,18-15-12-3)21-22-19-23(26(4,5)6)25(28)24(20-22)27(7,8)9;2-1(3)4/h19-20H,10-18,21H2,1-9H3;/q;-1/p+1. The number of phenols is 1. The first-order valence-corrected chi connectivity index (χ1v) is 15.2. The van der Waals surface area contributed by atoms with Crippen molar-refractivity contribution in [3.8, 4) is 5.75 Å². The summed E-state index contributed by atoms with van der Waals surface area (Å²) in [5.41, 5.74) is 3.64. The van der Waals surface area contributed by atoms with Crippen molar-refractivity contribution in [2.24, 2.45) is 0 Å². The molecular weight excluding hydrogens is 433 g/mol. The summed E-state index contributed by atoms with van der Waals surface area (Å²) in [4.78, 5) is 8.25. The Labute approximate surface area is 203 Å². The highest BCUT2D eigenvalue weighted by atomic mass is 31.2. The van der Waals surface area contributed by atoms with Gasteiger partial charge in [0.25, 0.3) is 0 Å². The summed E-state index contributed by atoms with van der Waals surface area (Å²) < 4.78 is 0. The first kappa shape index (κ1) is 31.6. The van der Waals surface area contributed by atoms with Crippen molar-refractivity contribution >= 4 is 7.26 Å². The third-order valence-electron chi connectivity index (χ3n) is 6.26. The maximum atomic E-state index is 11.1. The van der Waals surface area contributed by atoms with Crippen LogP contribution in [0.15, 0.2) is 12.1 Å². The van der Waals surface area contributed by atoms with Gasteiger partial charge in [0, 0.05) is 7.26 Å². The van der Waals surface area contributed by atoms with Crippen LogP contribution >= 0.6 is 7.26 Å². The average Bonchev–Trinajstić information content (AvgIpc) is 2.68. The molecule has 0 saturated heterocycles. The highest BCUT2D eigenvalue weighted by Crippen LogP contribution is 2.63. The van der Waals surface area contributed by atoms with Crippen LogP contribution in [-0.2, 0) is 17.0 Å². The van der Waals surface area contributed by atoms with Crippen LogP contribution in [0.3, 0.4) is 0 Å². The van der Waals surface area contributed by atoms with Crippen LogP contribution in [0.4, 0.5) is 0 Å². The molecule has 0 unspecified atom stereocenters. The van der Waals surface area contributed by atoms with Crippen LogP contribution < -0.4 is 0 Å². The molecule has 0 aromatic heterocycles. The van der Waals surface area contributed by atoms with Crippen molar-refractivity contribution in [1.29, 1.82) is 0 Å². The zero-order valence-corrected chi connectivity index (χ0v) is 23.7. The maximum Gasteiger partial charge on any atom is 0.123 e. The summed E-state index contributed by atoms with van der Waals surface area (Å²) in [5.74, 6) is 0.522. The number of nitrogens with zero attached hydrogens (tertiary/aromatic N) is 1. The molecular formula is C27H50NO4P. The van der Waals surface area contributed by atoms with Crippen molar-refractivity contribution < 1.29 is 10.2 Å². The molecule has 0 atom stereocenters. The lowest BCUT2D eigenvalue weighted by atomic mass is 9.78. The minimum absolute atomic E-state index is 0.0442. The molecule has 0 saturated carbocycles. The van der Waals surface area contributed by atoms with E-state index in [2.05, 4.69) is 74.4 Å². The van der Waals surface area contributed by atoms with Gasteiger partial charge in [-0.25, -0.2) is 0 Å². The Morgan fingerprint density at radius 1 is 0.788 bits per heavy atom. The van der Waals surface area contributed by atoms with E-state index < -0.39 is 12.3 Å². The highest BCUT2D eigenvalue weighted by molar-refractivity contribution is 7.75. The highest BCUT2D eigenvalue weighted by Gasteiger charge is 2.37. The van der Waals surface area contributed by atoms with Crippen LogP contribution in [-0.4, -0.2) is 28.7 Å². The van der Waals surface area contributed by atoms with Crippen LogP contribution in [0.2, 0.25) is 0 Å². The summed E-state index contributed by atoms with van der Waals surface area (Å²) in [7, 11) is -1.01. The minimum Gasteiger partial charge on any atom is -0.507 e. The zero-order valence-electron chi connectivity index (χ0n) is 22.8. The first-order valence-electron chi connectivity index (χ1n) is 12.7. The topological polar surface area (TPSA) is 86.4 Å². The Hall–Kier alpha value is -1.35. The third-order valence-corrected chi connectivity index (χ3v) is 11.1. The molecule has 1 N–H and O–H groups in total. The van der Waals surface area contributed by atoms with Gasteiger partial charge in [0.2, 0.25) is 0 Å². The Morgan fingerprint density at radius 3 is 1.33 bits per heavy atom. The summed E-state index contributed by atoms with van der Waals surface area (Å²) in [6.45, 7) is 20.4. The Morgan fingerprint density at radius 2 is 1.09 bits per heavy atom. The van der Waals surface area contributed by atoms with Gasteiger partial charge in [-0.15, -0.1) is 0 Å². The van der Waals surface area contributed by atoms with Crippen molar-refractivity contribution in [3.63, 3.8) is 0 Å². The minimum atomic E-state index is -1.75. The van der Waals surface area contributed by atoms with E-state index in [9.17, 15) is 5.11 Å². The SMILES string of the molecule is CCCC[P+](CCCC)(CCCC)Cc1cc(C(C)(C)C)c(O)c(C(C)(C)C)c1.O=[N+]([O-])[O-]. The van der Waals surface area contributed by atoms with Gasteiger partial charge < -0.3 is 20.4 Å². The molecule has 0 amide bonds. The summed E-state index contributed by atoms with van der Waals surface area (Å²) in [5, 5.41) is 25.9. The maximum absolute atomic E-state index is 11.1. The molecule has 0 aliphatic heterocycles. The molecule has 0 aliphatic carbocycles. The second-order valence-corrected chi connectivity index (χ2v) is 15.8. The van der Waals surface area contributed by atoms with Gasteiger partial charge in [-0.05, 0) is 58.9 Å². The fourth-order valence-corrected chi connectivity index (χ4v) is 9.43. The van der Waals surface area contributed by atoms with E-state index in [1.54, 1.807) is 0 Å². The quantitative estimate of drug-likeness (QED) is 0.194. The lowest BCUT2D eigenvalue weighted by Crippen LogP contribution is -2.19. The molecule has 5 nitrogen and oxygen atoms in total. The zero-order chi connectivity index (χ0) is 25.9. The Bertz CT molecular complexity index is 659. The van der Waals surface area contributed by atoms with Crippen LogP contribution in [0.25, 0.3) is 0 Å². The van der Waals surface area contributed by atoms with E-state index in [0.29, 0.717) is 5.75 Å². The fourth-order valence-electron chi connectivity index (χ4n) is 4.37. The van der Waals surface area contributed by atoms with E-state index in [1.807, 2.05) is 0 Å². The number of benzene rings is 1. The van der Waals surface area contributed by atoms with Gasteiger partial charge >= 0.3 is 0 Å². The molecule has 1 aromatic rings. The van der Waals surface area contributed by atoms with E-state index in [1.165, 1.54) is 68.7 Å². The van der Waals surface area contributed by atoms with Crippen molar-refractivity contribution in [2.45, 2.75) is 118 Å². The molecule has 1 rings (SSSR count). The third kappa shape index (κ3) is 11.6. The number of unbranched alkanes of at least 4 members (excludes halogenated alkanes) is 3. The molecule has 0 spiro atoms. The predicted octanol–water partition coefficient (Wildman–Crippen LogP) is 8.67. The Kier molecular flexibility index (Phi) is 13.6. The van der Waals surface area contributed by atoms with E-state index in [4.69, 9.17) is 15.3 Å². The number of aromatic hydroxyl groups is 1. The molecule has 0 fully saturated rings. The summed E-state index contributed by atoms with van der Waals surface area (Å²) in [6, 6.07) is 4.70. The van der Waals surface area contributed by atoms with Gasteiger partial charge in [-0.1, -0.05) is 81.6 Å². The number of phenolic OH excluding ortho intramolecular Hbond substituents is 1. The van der Waals surface area contributed by atoms with Gasteiger partial charge in [0.15, 0.2) is 0 Å². The molecule has 0 aliphatic rings. The van der Waals surface area contributed by atoms with E-state index in [-0.39, 0.29) is 10.8 Å². The fraction of sp³-hybridized carbons (Fsp3) is 0.778. The molecule has 0 heterocycles. The smallest absolute Gasteiger partial charge is 0.123 e. The summed E-state index contributed by atoms with van der Waals surface area (Å²) in [6.07, 6.45) is 13.6. The van der Waals surface area contributed by atoms with Crippen molar-refractivity contribution in [3.05, 3.63) is 44.1 Å². The second kappa shape index (κ2) is 14.1. The monoisotopic (exact) mass is 483 g/mol. The Balaban J connectivity index is 0.00000235. The lowest BCUT2D eigenvalue weighted by Gasteiger charge is -2.31. The van der Waals surface area contributed by atoms with Gasteiger partial charge in [0.1, 0.15) is 5.75 Å². The van der Waals surface area contributed by atoms with Crippen LogP contribution in [0, 0.1) is 15.3 Å². The van der Waals surface area contributed by atoms with Gasteiger partial charge in [0.05, 0.1) is 29.7 Å². The van der Waals surface area contributed by atoms with Crippen molar-refractivity contribution in [1.82, 2.24) is 0 Å². The first-order chi connectivity index (χ1) is 15.1. The van der Waals surface area contributed by atoms with Gasteiger partial charge in [-0.3, -0.25) is 0 Å². The van der Waals surface area contributed by atoms with E-state index in [0.717, 1.165) is 11.1 Å². The molecule has 6 heteroatoms. The van der Waals surface area contributed by atoms with Crippen LogP contribution in [0.5, 0.6) is 5.75 Å². The largest absolute Gasteiger partial charge is 0.507 e. The number of hydrogen-bond donors (Lipinski definition) is 1. The molecule has 0 bridgehead atoms. The average molecular weight is 484 g/mol. The number of rotatable bonds is 11. The lowest BCUT2D eigenvalue weighted by molar-refractivity contribution is -0.402. The van der Waals surface area contributed by atoms with Crippen LogP contribution in [0.1, 0.15) is 118 Å². The normalized spacial score (nSPS) is 12.3. The number of hydrogen-bond acceptors (Lipinski definition) is 4. The molecule has 1 aromatic carbocycles. The predicted molar refractivity (Wildman–Crippen MR) is 146 cm³/mol. The van der Waals surface area contributed by atoms with Gasteiger partial charge in [-0.2, -0.15) is 0 Å². The molecule has 33 heavy (non-hydrogen) atoms. The molecule has 192 valence electrons.